The first kappa shape index (κ1) is 23.4. The van der Waals surface area contributed by atoms with Crippen molar-refractivity contribution >= 4 is 23.4 Å². The average Bonchev–Trinajstić information content (AvgIpc) is 2.74. The minimum atomic E-state index is -0.463. The standard InChI is InChI=1S/C20H21N3O4.C2H6/c1-25-19-12-17(27-13-21)7-4-14(19)5-9-20(24)26-10-2-3-15-11-16(22)6-8-18(15)23;1-2/h4-9,11-12H,2-3,10,22-23H2,1H3;1-2H3/b9-5+;. The molecule has 0 aliphatic rings. The summed E-state index contributed by atoms with van der Waals surface area (Å²) in [6.45, 7) is 4.27. The van der Waals surface area contributed by atoms with Gasteiger partial charge in [-0.25, -0.2) is 4.79 Å². The van der Waals surface area contributed by atoms with Crippen LogP contribution in [0.1, 0.15) is 31.4 Å². The van der Waals surface area contributed by atoms with Gasteiger partial charge in [0.2, 0.25) is 0 Å². The smallest absolute Gasteiger partial charge is 0.330 e. The molecule has 7 nitrogen and oxygen atoms in total. The summed E-state index contributed by atoms with van der Waals surface area (Å²) in [6.07, 6.45) is 5.79. The number of rotatable bonds is 8. The molecule has 0 fully saturated rings. The summed E-state index contributed by atoms with van der Waals surface area (Å²) < 4.78 is 15.1. The number of hydrogen-bond donors (Lipinski definition) is 2. The van der Waals surface area contributed by atoms with Gasteiger partial charge in [-0.15, -0.1) is 5.26 Å². The number of methoxy groups -OCH3 is 1. The van der Waals surface area contributed by atoms with Crippen molar-refractivity contribution in [3.05, 3.63) is 53.6 Å². The van der Waals surface area contributed by atoms with Crippen molar-refractivity contribution in [2.24, 2.45) is 0 Å². The number of nitrogen functional groups attached to an aromatic ring is 2. The number of hydrogen-bond acceptors (Lipinski definition) is 7. The van der Waals surface area contributed by atoms with Crippen LogP contribution in [0.15, 0.2) is 42.5 Å². The summed E-state index contributed by atoms with van der Waals surface area (Å²) in [5.74, 6) is 0.369. The molecule has 0 aliphatic heterocycles. The molecule has 2 aromatic carbocycles. The molecular weight excluding hydrogens is 370 g/mol. The van der Waals surface area contributed by atoms with Gasteiger partial charge in [0.25, 0.3) is 6.26 Å². The number of esters is 1. The summed E-state index contributed by atoms with van der Waals surface area (Å²) in [4.78, 5) is 11.9. The highest BCUT2D eigenvalue weighted by Crippen LogP contribution is 2.25. The molecule has 0 unspecified atom stereocenters. The molecule has 29 heavy (non-hydrogen) atoms. The monoisotopic (exact) mass is 397 g/mol. The van der Waals surface area contributed by atoms with E-state index in [9.17, 15) is 4.79 Å². The van der Waals surface area contributed by atoms with Crippen LogP contribution >= 0.6 is 0 Å². The fraction of sp³-hybridized carbons (Fsp3) is 0.273. The third-order valence-corrected chi connectivity index (χ3v) is 3.77. The van der Waals surface area contributed by atoms with Crippen molar-refractivity contribution in [3.8, 4) is 17.8 Å². The maximum atomic E-state index is 11.9. The highest BCUT2D eigenvalue weighted by atomic mass is 16.5. The maximum absolute atomic E-state index is 11.9. The van der Waals surface area contributed by atoms with Gasteiger partial charge in [-0.3, -0.25) is 0 Å². The molecule has 0 saturated carbocycles. The molecule has 2 aromatic rings. The van der Waals surface area contributed by atoms with Gasteiger partial charge in [-0.2, -0.15) is 0 Å². The van der Waals surface area contributed by atoms with Gasteiger partial charge in [-0.1, -0.05) is 13.8 Å². The molecule has 154 valence electrons. The van der Waals surface area contributed by atoms with E-state index in [1.165, 1.54) is 13.2 Å². The normalized spacial score (nSPS) is 9.86. The number of carbonyl (C=O) groups is 1. The first-order chi connectivity index (χ1) is 14.0. The zero-order valence-electron chi connectivity index (χ0n) is 17.0. The first-order valence-corrected chi connectivity index (χ1v) is 9.26. The van der Waals surface area contributed by atoms with Crippen molar-refractivity contribution in [3.63, 3.8) is 0 Å². The van der Waals surface area contributed by atoms with E-state index in [0.717, 1.165) is 5.56 Å². The summed E-state index contributed by atoms with van der Waals surface area (Å²) in [5, 5.41) is 8.53. The fourth-order valence-electron chi connectivity index (χ4n) is 2.43. The number of nitrogens with zero attached hydrogens (tertiary/aromatic N) is 1. The first-order valence-electron chi connectivity index (χ1n) is 9.26. The lowest BCUT2D eigenvalue weighted by Gasteiger charge is -2.07. The van der Waals surface area contributed by atoms with Gasteiger partial charge in [0.05, 0.1) is 13.7 Å². The van der Waals surface area contributed by atoms with Gasteiger partial charge < -0.3 is 25.7 Å². The largest absolute Gasteiger partial charge is 0.496 e. The van der Waals surface area contributed by atoms with Crippen LogP contribution in [-0.4, -0.2) is 19.7 Å². The zero-order chi connectivity index (χ0) is 21.6. The van der Waals surface area contributed by atoms with E-state index in [2.05, 4.69) is 0 Å². The van der Waals surface area contributed by atoms with Gasteiger partial charge >= 0.3 is 5.97 Å². The molecule has 2 rings (SSSR count). The molecule has 0 radical (unpaired) electrons. The Kier molecular flexibility index (Phi) is 10.2. The van der Waals surface area contributed by atoms with Crippen LogP contribution in [-0.2, 0) is 16.0 Å². The maximum Gasteiger partial charge on any atom is 0.330 e. The number of ether oxygens (including phenoxy) is 3. The van der Waals surface area contributed by atoms with Crippen LogP contribution in [0, 0.1) is 11.5 Å². The number of carbonyl (C=O) groups excluding carboxylic acids is 1. The lowest BCUT2D eigenvalue weighted by Crippen LogP contribution is -2.04. The zero-order valence-corrected chi connectivity index (χ0v) is 17.0. The van der Waals surface area contributed by atoms with Crippen LogP contribution in [0.2, 0.25) is 0 Å². The molecule has 0 heterocycles. The second-order valence-electron chi connectivity index (χ2n) is 5.66. The average molecular weight is 397 g/mol. The molecule has 0 spiro atoms. The predicted molar refractivity (Wildman–Crippen MR) is 114 cm³/mol. The second kappa shape index (κ2) is 12.7. The summed E-state index contributed by atoms with van der Waals surface area (Å²) in [7, 11) is 1.49. The molecule has 4 N–H and O–H groups in total. The Morgan fingerprint density at radius 3 is 2.62 bits per heavy atom. The van der Waals surface area contributed by atoms with Gasteiger partial charge in [-0.05, 0) is 54.8 Å². The van der Waals surface area contributed by atoms with E-state index in [1.807, 2.05) is 19.9 Å². The Morgan fingerprint density at radius 2 is 1.93 bits per heavy atom. The summed E-state index contributed by atoms with van der Waals surface area (Å²) >= 11 is 0. The third-order valence-electron chi connectivity index (χ3n) is 3.77. The van der Waals surface area contributed by atoms with E-state index in [-0.39, 0.29) is 6.61 Å². The Labute approximate surface area is 171 Å². The Hall–Kier alpha value is -3.66. The molecule has 0 aromatic heterocycles. The molecule has 0 saturated heterocycles. The van der Waals surface area contributed by atoms with Gasteiger partial charge in [0.1, 0.15) is 11.5 Å². The van der Waals surface area contributed by atoms with Crippen molar-refractivity contribution < 1.29 is 19.0 Å². The quantitative estimate of drug-likeness (QED) is 0.227. The molecule has 0 amide bonds. The van der Waals surface area contributed by atoms with E-state index < -0.39 is 5.97 Å². The number of benzene rings is 2. The molecule has 0 bridgehead atoms. The highest BCUT2D eigenvalue weighted by Gasteiger charge is 2.05. The topological polar surface area (TPSA) is 121 Å². The lowest BCUT2D eigenvalue weighted by molar-refractivity contribution is -0.137. The van der Waals surface area contributed by atoms with E-state index >= 15 is 0 Å². The van der Waals surface area contributed by atoms with Gasteiger partial charge in [0.15, 0.2) is 0 Å². The summed E-state index contributed by atoms with van der Waals surface area (Å²) in [5.41, 5.74) is 14.5. The number of anilines is 2. The number of aryl methyl sites for hydroxylation is 1. The molecule has 0 aliphatic carbocycles. The minimum absolute atomic E-state index is 0.267. The summed E-state index contributed by atoms with van der Waals surface area (Å²) in [6, 6.07) is 10.2. The van der Waals surface area contributed by atoms with E-state index in [1.54, 1.807) is 42.7 Å². The molecule has 7 heteroatoms. The Bertz CT molecular complexity index is 873. The van der Waals surface area contributed by atoms with E-state index in [0.29, 0.717) is 41.3 Å². The van der Waals surface area contributed by atoms with Crippen molar-refractivity contribution in [1.29, 1.82) is 5.26 Å². The lowest BCUT2D eigenvalue weighted by atomic mass is 10.1. The Morgan fingerprint density at radius 1 is 1.17 bits per heavy atom. The van der Waals surface area contributed by atoms with Gasteiger partial charge in [0, 0.05) is 29.1 Å². The van der Waals surface area contributed by atoms with Crippen LogP contribution < -0.4 is 20.9 Å². The van der Waals surface area contributed by atoms with Crippen LogP contribution in [0.25, 0.3) is 6.08 Å². The predicted octanol–water partition coefficient (Wildman–Crippen LogP) is 3.93. The van der Waals surface area contributed by atoms with Crippen molar-refractivity contribution in [1.82, 2.24) is 0 Å². The molecular formula is C22H27N3O4. The van der Waals surface area contributed by atoms with Crippen LogP contribution in [0.5, 0.6) is 11.5 Å². The highest BCUT2D eigenvalue weighted by molar-refractivity contribution is 5.87. The molecule has 0 atom stereocenters. The van der Waals surface area contributed by atoms with E-state index in [4.69, 9.17) is 30.9 Å². The fourth-order valence-corrected chi connectivity index (χ4v) is 2.43. The van der Waals surface area contributed by atoms with Crippen molar-refractivity contribution in [2.45, 2.75) is 26.7 Å². The van der Waals surface area contributed by atoms with Crippen LogP contribution in [0.4, 0.5) is 11.4 Å². The number of nitrogens with two attached hydrogens (primary N) is 2. The minimum Gasteiger partial charge on any atom is -0.496 e. The van der Waals surface area contributed by atoms with Crippen molar-refractivity contribution in [2.75, 3.05) is 25.2 Å². The third kappa shape index (κ3) is 7.85. The number of nitriles is 1. The Balaban J connectivity index is 0.00000204. The van der Waals surface area contributed by atoms with Crippen LogP contribution in [0.3, 0.4) is 0 Å². The second-order valence-corrected chi connectivity index (χ2v) is 5.66. The SMILES string of the molecule is CC.COc1cc(OC#N)ccc1/C=C/C(=O)OCCCc1cc(N)ccc1N.